The van der Waals surface area contributed by atoms with Gasteiger partial charge in [0.05, 0.1) is 18.4 Å². The minimum atomic E-state index is -4.45. The number of aliphatic hydroxyl groups excluding tert-OH is 1. The topological polar surface area (TPSA) is 184 Å². The molecule has 1 unspecified atom stereocenters. The third kappa shape index (κ3) is 6.80. The van der Waals surface area contributed by atoms with Crippen LogP contribution in [0.4, 0.5) is 8.78 Å². The second-order valence-electron chi connectivity index (χ2n) is 9.34. The van der Waals surface area contributed by atoms with E-state index in [1.165, 1.54) is 26.0 Å². The number of aromatic nitrogens is 2. The highest BCUT2D eigenvalue weighted by Crippen LogP contribution is 2.48. The summed E-state index contributed by atoms with van der Waals surface area (Å²) in [6.07, 6.45) is -6.58. The molecule has 2 heterocycles. The summed E-state index contributed by atoms with van der Waals surface area (Å²) in [7, 11) is -4.45. The predicted molar refractivity (Wildman–Crippen MR) is 133 cm³/mol. The Kier molecular flexibility index (Phi) is 9.47. The van der Waals surface area contributed by atoms with Gasteiger partial charge in [0.1, 0.15) is 36.2 Å². The second-order valence-corrected chi connectivity index (χ2v) is 11.0. The van der Waals surface area contributed by atoms with Gasteiger partial charge in [-0.15, -0.1) is 0 Å². The van der Waals surface area contributed by atoms with Crippen LogP contribution in [0, 0.1) is 5.82 Å². The standard InChI is InChI=1S/C23H31F2N4O9P/c1-12(2)35-20(32)13(3)28-39(34,38-15-8-6-5-7-9-15)37-14(4)17-18(30)23(26,11-24)21(36-17)29-10-16(25)19(31)27-22(29)33/h5-10,12-14,17-18,21,30H,11,26H2,1-4H3,(H,28,34)(H,27,31,33)/t13-,14+,17+,18?,21+,23+,39+/m0/s1. The summed E-state index contributed by atoms with van der Waals surface area (Å²) in [5, 5.41) is 13.4. The number of H-pyrrole nitrogens is 1. The van der Waals surface area contributed by atoms with E-state index in [1.807, 2.05) is 0 Å². The van der Waals surface area contributed by atoms with Gasteiger partial charge in [-0.1, -0.05) is 18.2 Å². The smallest absolute Gasteiger partial charge is 0.459 e. The fourth-order valence-electron chi connectivity index (χ4n) is 3.88. The fraction of sp³-hybridized carbons (Fsp3) is 0.522. The molecule has 1 saturated heterocycles. The fourth-order valence-corrected chi connectivity index (χ4v) is 5.57. The summed E-state index contributed by atoms with van der Waals surface area (Å²) in [6, 6.07) is 6.64. The summed E-state index contributed by atoms with van der Waals surface area (Å²) >= 11 is 0. The lowest BCUT2D eigenvalue weighted by atomic mass is 9.91. The molecule has 13 nitrogen and oxygen atoms in total. The van der Waals surface area contributed by atoms with Crippen molar-refractivity contribution in [2.24, 2.45) is 5.73 Å². The number of para-hydroxylation sites is 1. The van der Waals surface area contributed by atoms with Crippen molar-refractivity contribution in [1.82, 2.24) is 14.6 Å². The van der Waals surface area contributed by atoms with Crippen molar-refractivity contribution in [3.63, 3.8) is 0 Å². The third-order valence-corrected chi connectivity index (χ3v) is 7.57. The molecule has 0 amide bonds. The van der Waals surface area contributed by atoms with Crippen LogP contribution >= 0.6 is 7.75 Å². The van der Waals surface area contributed by atoms with Crippen LogP contribution in [0.15, 0.2) is 46.1 Å². The molecule has 1 aromatic carbocycles. The zero-order valence-corrected chi connectivity index (χ0v) is 22.5. The van der Waals surface area contributed by atoms with E-state index in [-0.39, 0.29) is 5.75 Å². The van der Waals surface area contributed by atoms with E-state index < -0.39 is 79.7 Å². The molecule has 2 aromatic rings. The van der Waals surface area contributed by atoms with Gasteiger partial charge in [-0.05, 0) is 39.8 Å². The average Bonchev–Trinajstić information content (AvgIpc) is 3.12. The maximum atomic E-state index is 14.2. The van der Waals surface area contributed by atoms with Crippen molar-refractivity contribution in [3.8, 4) is 5.75 Å². The van der Waals surface area contributed by atoms with Crippen LogP contribution in [-0.4, -0.2) is 63.3 Å². The molecular formula is C23H31F2N4O9P. The normalized spacial score (nSPS) is 26.1. The van der Waals surface area contributed by atoms with Gasteiger partial charge in [0, 0.05) is 0 Å². The summed E-state index contributed by atoms with van der Waals surface area (Å²) in [5.74, 6) is -2.04. The van der Waals surface area contributed by atoms with Crippen LogP contribution in [-0.2, 0) is 23.4 Å². The molecule has 0 spiro atoms. The number of halogens is 2. The number of nitrogens with two attached hydrogens (primary N) is 1. The quantitative estimate of drug-likeness (QED) is 0.222. The Morgan fingerprint density at radius 3 is 2.51 bits per heavy atom. The van der Waals surface area contributed by atoms with E-state index in [9.17, 15) is 32.8 Å². The Bertz CT molecular complexity index is 1320. The number of alkyl halides is 1. The van der Waals surface area contributed by atoms with Crippen molar-refractivity contribution in [2.75, 3.05) is 6.67 Å². The lowest BCUT2D eigenvalue weighted by Gasteiger charge is -2.31. The van der Waals surface area contributed by atoms with Gasteiger partial charge in [-0.3, -0.25) is 23.7 Å². The SMILES string of the molecule is CC(C)OC(=O)[C@H](C)N[P@](=O)(Oc1ccccc1)O[C@H](C)[C@H]1O[C@@H](n2cc(F)c(=O)[nH]c2=O)[C@@](N)(CF)C1O. The minimum absolute atomic E-state index is 0.0999. The first kappa shape index (κ1) is 30.6. The number of aromatic amines is 1. The molecule has 5 N–H and O–H groups in total. The van der Waals surface area contributed by atoms with E-state index in [0.717, 1.165) is 0 Å². The van der Waals surface area contributed by atoms with Gasteiger partial charge >= 0.3 is 19.4 Å². The summed E-state index contributed by atoms with van der Waals surface area (Å²) < 4.78 is 64.4. The molecule has 216 valence electrons. The van der Waals surface area contributed by atoms with Crippen molar-refractivity contribution >= 4 is 13.7 Å². The Balaban J connectivity index is 1.91. The molecule has 0 radical (unpaired) electrons. The number of carbonyl (C=O) groups excluding carboxylic acids is 1. The maximum absolute atomic E-state index is 14.2. The highest BCUT2D eigenvalue weighted by Gasteiger charge is 2.58. The first-order valence-corrected chi connectivity index (χ1v) is 13.5. The van der Waals surface area contributed by atoms with E-state index in [2.05, 4.69) is 5.09 Å². The number of benzene rings is 1. The Morgan fingerprint density at radius 2 is 1.92 bits per heavy atom. The zero-order valence-electron chi connectivity index (χ0n) is 21.6. The van der Waals surface area contributed by atoms with Crippen LogP contribution in [0.5, 0.6) is 5.75 Å². The first-order valence-electron chi connectivity index (χ1n) is 11.9. The van der Waals surface area contributed by atoms with E-state index in [1.54, 1.807) is 37.0 Å². The van der Waals surface area contributed by atoms with E-state index in [0.29, 0.717) is 10.8 Å². The van der Waals surface area contributed by atoms with E-state index >= 15 is 0 Å². The molecule has 0 saturated carbocycles. The molecule has 1 aliphatic heterocycles. The third-order valence-electron chi connectivity index (χ3n) is 5.81. The highest BCUT2D eigenvalue weighted by atomic mass is 31.2. The molecule has 7 atom stereocenters. The zero-order chi connectivity index (χ0) is 29.1. The molecule has 0 aliphatic carbocycles. The van der Waals surface area contributed by atoms with Crippen molar-refractivity contribution < 1.29 is 41.8 Å². The van der Waals surface area contributed by atoms with Gasteiger partial charge < -0.3 is 24.8 Å². The van der Waals surface area contributed by atoms with Crippen LogP contribution < -0.4 is 26.6 Å². The number of carbonyl (C=O) groups is 1. The Labute approximate surface area is 221 Å². The minimum Gasteiger partial charge on any atom is -0.462 e. The molecule has 1 fully saturated rings. The van der Waals surface area contributed by atoms with Gasteiger partial charge in [0.2, 0.25) is 5.82 Å². The number of nitrogens with one attached hydrogen (secondary N) is 2. The number of esters is 1. The van der Waals surface area contributed by atoms with Crippen molar-refractivity contribution in [2.45, 2.75) is 69.9 Å². The molecule has 39 heavy (non-hydrogen) atoms. The molecule has 1 aliphatic rings. The Morgan fingerprint density at radius 1 is 1.28 bits per heavy atom. The van der Waals surface area contributed by atoms with Gasteiger partial charge in [0.15, 0.2) is 6.23 Å². The van der Waals surface area contributed by atoms with Gasteiger partial charge in [-0.25, -0.2) is 13.8 Å². The number of hydrogen-bond donors (Lipinski definition) is 4. The number of aliphatic hydroxyl groups is 1. The maximum Gasteiger partial charge on any atom is 0.459 e. The number of rotatable bonds is 11. The van der Waals surface area contributed by atoms with Crippen molar-refractivity contribution in [3.05, 3.63) is 63.2 Å². The van der Waals surface area contributed by atoms with Crippen LogP contribution in [0.3, 0.4) is 0 Å². The molecule has 1 aromatic heterocycles. The van der Waals surface area contributed by atoms with Crippen molar-refractivity contribution in [1.29, 1.82) is 0 Å². The molecule has 16 heteroatoms. The number of nitrogens with zero attached hydrogens (tertiary/aromatic N) is 1. The molecule has 0 bridgehead atoms. The lowest BCUT2D eigenvalue weighted by molar-refractivity contribution is -0.149. The summed E-state index contributed by atoms with van der Waals surface area (Å²) in [6.45, 7) is 4.47. The molecule has 3 rings (SSSR count). The monoisotopic (exact) mass is 576 g/mol. The lowest BCUT2D eigenvalue weighted by Crippen LogP contribution is -2.58. The van der Waals surface area contributed by atoms with Crippen LogP contribution in [0.2, 0.25) is 0 Å². The number of hydrogen-bond acceptors (Lipinski definition) is 10. The largest absolute Gasteiger partial charge is 0.462 e. The highest BCUT2D eigenvalue weighted by molar-refractivity contribution is 7.52. The summed E-state index contributed by atoms with van der Waals surface area (Å²) in [4.78, 5) is 37.8. The summed E-state index contributed by atoms with van der Waals surface area (Å²) in [5.41, 5.74) is 1.27. The average molecular weight is 576 g/mol. The van der Waals surface area contributed by atoms with E-state index in [4.69, 9.17) is 24.3 Å². The predicted octanol–water partition coefficient (Wildman–Crippen LogP) is 1.12. The second kappa shape index (κ2) is 12.1. The first-order chi connectivity index (χ1) is 18.2. The van der Waals surface area contributed by atoms with Crippen LogP contribution in [0.1, 0.15) is 33.9 Å². The van der Waals surface area contributed by atoms with Gasteiger partial charge in [-0.2, -0.15) is 9.48 Å². The number of ether oxygens (including phenoxy) is 2. The Hall–Kier alpha value is -2.94. The molecular weight excluding hydrogens is 545 g/mol. The van der Waals surface area contributed by atoms with Crippen LogP contribution in [0.25, 0.3) is 0 Å². The van der Waals surface area contributed by atoms with Gasteiger partial charge in [0.25, 0.3) is 5.56 Å².